The minimum Gasteiger partial charge on any atom is -0.444 e. The van der Waals surface area contributed by atoms with E-state index in [4.69, 9.17) is 4.74 Å². The number of amides is 1. The third-order valence-electron chi connectivity index (χ3n) is 4.15. The normalized spacial score (nSPS) is 14.6. The van der Waals surface area contributed by atoms with Crippen LogP contribution in [0.15, 0.2) is 18.5 Å². The van der Waals surface area contributed by atoms with Crippen molar-refractivity contribution < 1.29 is 9.53 Å². The average Bonchev–Trinajstić information content (AvgIpc) is 2.89. The van der Waals surface area contributed by atoms with Gasteiger partial charge in [0.05, 0.1) is 0 Å². The van der Waals surface area contributed by atoms with E-state index in [2.05, 4.69) is 61.4 Å². The molecule has 132 valence electrons. The Kier molecular flexibility index (Phi) is 6.69. The summed E-state index contributed by atoms with van der Waals surface area (Å²) in [6.45, 7) is 16.4. The molecule has 0 fully saturated rings. The van der Waals surface area contributed by atoms with E-state index in [1.807, 2.05) is 20.8 Å². The van der Waals surface area contributed by atoms with E-state index in [-0.39, 0.29) is 11.6 Å². The van der Waals surface area contributed by atoms with Crippen LogP contribution in [-0.4, -0.2) is 28.3 Å². The number of rotatable bonds is 7. The minimum absolute atomic E-state index is 0.203. The predicted molar refractivity (Wildman–Crippen MR) is 94.4 cm³/mol. The first kappa shape index (κ1) is 19.6. The van der Waals surface area contributed by atoms with Crippen molar-refractivity contribution in [2.45, 2.75) is 72.7 Å². The summed E-state index contributed by atoms with van der Waals surface area (Å²) in [4.78, 5) is 11.9. The Balaban J connectivity index is 2.58. The number of hydrogen-bond donors (Lipinski definition) is 2. The fraction of sp³-hybridized carbons (Fsp3) is 0.722. The Labute approximate surface area is 140 Å². The molecule has 1 aromatic heterocycles. The van der Waals surface area contributed by atoms with Crippen molar-refractivity contribution in [3.05, 3.63) is 24.0 Å². The maximum absolute atomic E-state index is 11.9. The fourth-order valence-corrected chi connectivity index (χ4v) is 2.14. The molecule has 5 nitrogen and oxygen atoms in total. The first-order chi connectivity index (χ1) is 10.6. The first-order valence-electron chi connectivity index (χ1n) is 8.42. The molecular weight excluding hydrogens is 290 g/mol. The molecule has 0 aliphatic rings. The molecule has 23 heavy (non-hydrogen) atoms. The van der Waals surface area contributed by atoms with E-state index in [1.54, 1.807) is 0 Å². The Bertz CT molecular complexity index is 503. The maximum atomic E-state index is 11.9. The maximum Gasteiger partial charge on any atom is 0.407 e. The minimum atomic E-state index is -0.477. The Morgan fingerprint density at radius 1 is 1.30 bits per heavy atom. The molecule has 0 spiro atoms. The van der Waals surface area contributed by atoms with Gasteiger partial charge in [-0.1, -0.05) is 13.8 Å². The Morgan fingerprint density at radius 3 is 2.43 bits per heavy atom. The molecule has 1 heterocycles. The van der Waals surface area contributed by atoms with Gasteiger partial charge in [-0.25, -0.2) is 4.79 Å². The molecule has 0 radical (unpaired) electrons. The Morgan fingerprint density at radius 2 is 1.96 bits per heavy atom. The van der Waals surface area contributed by atoms with Gasteiger partial charge in [0.1, 0.15) is 5.60 Å². The molecule has 0 aliphatic heterocycles. The highest BCUT2D eigenvalue weighted by Gasteiger charge is 2.29. The van der Waals surface area contributed by atoms with Crippen LogP contribution in [0.4, 0.5) is 4.79 Å². The zero-order valence-electron chi connectivity index (χ0n) is 15.7. The molecule has 0 saturated carbocycles. The lowest BCUT2D eigenvalue weighted by molar-refractivity contribution is 0.0503. The van der Waals surface area contributed by atoms with Crippen LogP contribution < -0.4 is 10.6 Å². The van der Waals surface area contributed by atoms with E-state index < -0.39 is 5.60 Å². The monoisotopic (exact) mass is 323 g/mol. The SMILES string of the molecule is CCn1ccc(CNC(C)(CNC(=O)OC(C)(C)C)C(C)C)c1. The highest BCUT2D eigenvalue weighted by molar-refractivity contribution is 5.67. The highest BCUT2D eigenvalue weighted by atomic mass is 16.6. The van der Waals surface area contributed by atoms with Gasteiger partial charge in [-0.05, 0) is 52.2 Å². The van der Waals surface area contributed by atoms with E-state index in [9.17, 15) is 4.79 Å². The highest BCUT2D eigenvalue weighted by Crippen LogP contribution is 2.17. The van der Waals surface area contributed by atoms with Gasteiger partial charge in [0.2, 0.25) is 0 Å². The van der Waals surface area contributed by atoms with Crippen molar-refractivity contribution in [2.75, 3.05) is 6.54 Å². The lowest BCUT2D eigenvalue weighted by Crippen LogP contribution is -2.55. The van der Waals surface area contributed by atoms with Gasteiger partial charge in [-0.15, -0.1) is 0 Å². The van der Waals surface area contributed by atoms with Gasteiger partial charge in [-0.3, -0.25) is 0 Å². The van der Waals surface area contributed by atoms with Crippen LogP contribution in [0, 0.1) is 5.92 Å². The van der Waals surface area contributed by atoms with Gasteiger partial charge < -0.3 is 19.9 Å². The summed E-state index contributed by atoms with van der Waals surface area (Å²) in [5.74, 6) is 0.366. The van der Waals surface area contributed by atoms with Crippen LogP contribution in [0.2, 0.25) is 0 Å². The summed E-state index contributed by atoms with van der Waals surface area (Å²) < 4.78 is 7.47. The average molecular weight is 323 g/mol. The number of alkyl carbamates (subject to hydrolysis) is 1. The second-order valence-corrected chi connectivity index (χ2v) is 7.63. The topological polar surface area (TPSA) is 55.3 Å². The molecule has 1 amide bonds. The number of aryl methyl sites for hydroxylation is 1. The standard InChI is InChI=1S/C18H33N3O2/c1-8-21-10-9-15(12-21)11-20-18(7,14(2)3)13-19-16(22)23-17(4,5)6/h9-10,12,14,20H,8,11,13H2,1-7H3,(H,19,22). The van der Waals surface area contributed by atoms with E-state index in [0.29, 0.717) is 12.5 Å². The van der Waals surface area contributed by atoms with Crippen molar-refractivity contribution in [2.24, 2.45) is 5.92 Å². The molecule has 1 unspecified atom stereocenters. The van der Waals surface area contributed by atoms with Crippen LogP contribution in [0.3, 0.4) is 0 Å². The van der Waals surface area contributed by atoms with Crippen molar-refractivity contribution in [3.8, 4) is 0 Å². The van der Waals surface area contributed by atoms with Gasteiger partial charge in [0.25, 0.3) is 0 Å². The number of nitrogens with zero attached hydrogens (tertiary/aromatic N) is 1. The van der Waals surface area contributed by atoms with Crippen LogP contribution in [0.1, 0.15) is 54.0 Å². The number of ether oxygens (including phenoxy) is 1. The summed E-state index contributed by atoms with van der Waals surface area (Å²) in [5, 5.41) is 6.47. The largest absolute Gasteiger partial charge is 0.444 e. The molecule has 1 aromatic rings. The molecule has 5 heteroatoms. The summed E-state index contributed by atoms with van der Waals surface area (Å²) in [7, 11) is 0. The first-order valence-corrected chi connectivity index (χ1v) is 8.42. The van der Waals surface area contributed by atoms with Crippen molar-refractivity contribution in [3.63, 3.8) is 0 Å². The summed E-state index contributed by atoms with van der Waals surface area (Å²) in [5.41, 5.74) is 0.566. The molecular formula is C18H33N3O2. The molecule has 1 atom stereocenters. The molecule has 0 bridgehead atoms. The van der Waals surface area contributed by atoms with E-state index in [1.165, 1.54) is 5.56 Å². The van der Waals surface area contributed by atoms with Crippen LogP contribution in [0.25, 0.3) is 0 Å². The number of aromatic nitrogens is 1. The van der Waals surface area contributed by atoms with Gasteiger partial charge in [0, 0.05) is 37.6 Å². The number of hydrogen-bond acceptors (Lipinski definition) is 3. The zero-order valence-corrected chi connectivity index (χ0v) is 15.7. The molecule has 0 aromatic carbocycles. The number of carbonyl (C=O) groups excluding carboxylic acids is 1. The summed E-state index contributed by atoms with van der Waals surface area (Å²) in [6, 6.07) is 2.12. The van der Waals surface area contributed by atoms with E-state index in [0.717, 1.165) is 13.1 Å². The van der Waals surface area contributed by atoms with Crippen molar-refractivity contribution in [1.29, 1.82) is 0 Å². The molecule has 0 saturated heterocycles. The number of carbonyl (C=O) groups is 1. The van der Waals surface area contributed by atoms with Crippen LogP contribution >= 0.6 is 0 Å². The quantitative estimate of drug-likeness (QED) is 0.807. The molecule has 2 N–H and O–H groups in total. The third-order valence-corrected chi connectivity index (χ3v) is 4.15. The Hall–Kier alpha value is -1.49. The fourth-order valence-electron chi connectivity index (χ4n) is 2.14. The van der Waals surface area contributed by atoms with Crippen molar-refractivity contribution >= 4 is 6.09 Å². The van der Waals surface area contributed by atoms with Gasteiger partial charge in [0.15, 0.2) is 0 Å². The smallest absolute Gasteiger partial charge is 0.407 e. The second-order valence-electron chi connectivity index (χ2n) is 7.63. The third kappa shape index (κ3) is 6.65. The van der Waals surface area contributed by atoms with Crippen LogP contribution in [-0.2, 0) is 17.8 Å². The van der Waals surface area contributed by atoms with Gasteiger partial charge >= 0.3 is 6.09 Å². The summed E-state index contributed by atoms with van der Waals surface area (Å²) >= 11 is 0. The number of nitrogens with one attached hydrogen (secondary N) is 2. The lowest BCUT2D eigenvalue weighted by Gasteiger charge is -2.35. The van der Waals surface area contributed by atoms with Gasteiger partial charge in [-0.2, -0.15) is 0 Å². The predicted octanol–water partition coefficient (Wildman–Crippen LogP) is 3.54. The summed E-state index contributed by atoms with van der Waals surface area (Å²) in [6.07, 6.45) is 3.86. The molecule has 1 rings (SSSR count). The second kappa shape index (κ2) is 7.86. The zero-order chi connectivity index (χ0) is 17.7. The van der Waals surface area contributed by atoms with E-state index >= 15 is 0 Å². The van der Waals surface area contributed by atoms with Crippen molar-refractivity contribution in [1.82, 2.24) is 15.2 Å². The molecule has 0 aliphatic carbocycles. The van der Waals surface area contributed by atoms with Crippen LogP contribution in [0.5, 0.6) is 0 Å². The lowest BCUT2D eigenvalue weighted by atomic mass is 9.88.